The van der Waals surface area contributed by atoms with Crippen molar-refractivity contribution in [1.82, 2.24) is 0 Å². The number of ether oxygens (including phenoxy) is 2. The van der Waals surface area contributed by atoms with Gasteiger partial charge in [0, 0.05) is 3.57 Å². The second kappa shape index (κ2) is 6.99. The molecule has 22 heavy (non-hydrogen) atoms. The first kappa shape index (κ1) is 16.6. The second-order valence-electron chi connectivity index (χ2n) is 4.14. The van der Waals surface area contributed by atoms with Crippen molar-refractivity contribution < 1.29 is 27.4 Å². The van der Waals surface area contributed by atoms with Crippen molar-refractivity contribution in [3.05, 3.63) is 56.9 Å². The standard InChI is InChI=1S/C15H10F3IO3/c1-2-21-11-5-6-12(14(18)13(11)17)22-15(20)9-4-3-8(19)7-10(9)16/h3-7H,2H2,1H3. The average molecular weight is 422 g/mol. The van der Waals surface area contributed by atoms with Crippen LogP contribution >= 0.6 is 22.6 Å². The Kier molecular flexibility index (Phi) is 5.28. The van der Waals surface area contributed by atoms with Gasteiger partial charge in [0.1, 0.15) is 5.82 Å². The largest absolute Gasteiger partial charge is 0.491 e. The Balaban J connectivity index is 2.27. The fourth-order valence-electron chi connectivity index (χ4n) is 1.67. The van der Waals surface area contributed by atoms with Gasteiger partial charge in [-0.15, -0.1) is 0 Å². The molecular formula is C15H10F3IO3. The predicted octanol–water partition coefficient (Wildman–Crippen LogP) is 4.33. The number of carbonyl (C=O) groups excluding carboxylic acids is 1. The van der Waals surface area contributed by atoms with E-state index in [1.165, 1.54) is 12.1 Å². The van der Waals surface area contributed by atoms with Crippen LogP contribution in [0.3, 0.4) is 0 Å². The highest BCUT2D eigenvalue weighted by Crippen LogP contribution is 2.28. The molecule has 0 saturated carbocycles. The van der Waals surface area contributed by atoms with Gasteiger partial charge in [0.15, 0.2) is 11.5 Å². The van der Waals surface area contributed by atoms with Gasteiger partial charge in [-0.05, 0) is 59.8 Å². The van der Waals surface area contributed by atoms with Gasteiger partial charge < -0.3 is 9.47 Å². The lowest BCUT2D eigenvalue weighted by Crippen LogP contribution is -2.12. The molecule has 0 saturated heterocycles. The molecule has 2 aromatic rings. The highest BCUT2D eigenvalue weighted by atomic mass is 127. The van der Waals surface area contributed by atoms with Crippen LogP contribution in [-0.4, -0.2) is 12.6 Å². The zero-order valence-corrected chi connectivity index (χ0v) is 13.5. The first-order valence-electron chi connectivity index (χ1n) is 6.22. The zero-order valence-electron chi connectivity index (χ0n) is 11.3. The van der Waals surface area contributed by atoms with Crippen LogP contribution < -0.4 is 9.47 Å². The maximum absolute atomic E-state index is 13.8. The minimum atomic E-state index is -1.37. The van der Waals surface area contributed by atoms with E-state index >= 15 is 0 Å². The Labute approximate surface area is 138 Å². The summed E-state index contributed by atoms with van der Waals surface area (Å²) in [5.74, 6) is -5.48. The van der Waals surface area contributed by atoms with E-state index in [0.717, 1.165) is 18.2 Å². The molecule has 0 aliphatic rings. The summed E-state index contributed by atoms with van der Waals surface area (Å²) in [5, 5.41) is 0. The van der Waals surface area contributed by atoms with E-state index in [9.17, 15) is 18.0 Å². The number of halogens is 4. The molecule has 0 heterocycles. The number of benzene rings is 2. The molecule has 7 heteroatoms. The molecule has 0 fully saturated rings. The molecule has 3 nitrogen and oxygen atoms in total. The van der Waals surface area contributed by atoms with Crippen molar-refractivity contribution >= 4 is 28.6 Å². The topological polar surface area (TPSA) is 35.5 Å². The third-order valence-corrected chi connectivity index (χ3v) is 3.34. The van der Waals surface area contributed by atoms with Gasteiger partial charge in [-0.2, -0.15) is 8.78 Å². The van der Waals surface area contributed by atoms with Crippen LogP contribution in [0.2, 0.25) is 0 Å². The van der Waals surface area contributed by atoms with Gasteiger partial charge >= 0.3 is 5.97 Å². The Morgan fingerprint density at radius 2 is 1.73 bits per heavy atom. The Hall–Kier alpha value is -1.77. The van der Waals surface area contributed by atoms with Crippen molar-refractivity contribution in [2.75, 3.05) is 6.61 Å². The minimum Gasteiger partial charge on any atom is -0.491 e. The van der Waals surface area contributed by atoms with Crippen molar-refractivity contribution in [2.24, 2.45) is 0 Å². The summed E-state index contributed by atoms with van der Waals surface area (Å²) in [4.78, 5) is 11.8. The Bertz CT molecular complexity index is 719. The van der Waals surface area contributed by atoms with Crippen LogP contribution in [0, 0.1) is 21.0 Å². The molecule has 2 rings (SSSR count). The minimum absolute atomic E-state index is 0.156. The smallest absolute Gasteiger partial charge is 0.346 e. The van der Waals surface area contributed by atoms with Gasteiger partial charge in [0.05, 0.1) is 12.2 Å². The van der Waals surface area contributed by atoms with Crippen LogP contribution in [0.25, 0.3) is 0 Å². The Morgan fingerprint density at radius 3 is 2.36 bits per heavy atom. The summed E-state index contributed by atoms with van der Waals surface area (Å²) < 4.78 is 51.3. The SMILES string of the molecule is CCOc1ccc(OC(=O)c2ccc(I)cc2F)c(F)c1F. The summed E-state index contributed by atoms with van der Waals surface area (Å²) >= 11 is 1.87. The van der Waals surface area contributed by atoms with Crippen LogP contribution in [0.1, 0.15) is 17.3 Å². The third kappa shape index (κ3) is 3.52. The molecule has 0 aromatic heterocycles. The molecule has 0 amide bonds. The van der Waals surface area contributed by atoms with Crippen LogP contribution in [-0.2, 0) is 0 Å². The first-order valence-corrected chi connectivity index (χ1v) is 7.30. The van der Waals surface area contributed by atoms with E-state index in [2.05, 4.69) is 0 Å². The molecule has 0 bridgehead atoms. The van der Waals surface area contributed by atoms with Crippen LogP contribution in [0.15, 0.2) is 30.3 Å². The molecule has 0 aliphatic heterocycles. The van der Waals surface area contributed by atoms with Gasteiger partial charge in [0.2, 0.25) is 11.6 Å². The second-order valence-corrected chi connectivity index (χ2v) is 5.38. The van der Waals surface area contributed by atoms with E-state index in [1.54, 1.807) is 6.92 Å². The summed E-state index contributed by atoms with van der Waals surface area (Å²) in [6, 6.07) is 6.02. The fraction of sp³-hybridized carbons (Fsp3) is 0.133. The summed E-state index contributed by atoms with van der Waals surface area (Å²) in [6.07, 6.45) is 0. The van der Waals surface area contributed by atoms with E-state index in [4.69, 9.17) is 9.47 Å². The normalized spacial score (nSPS) is 10.4. The molecule has 0 unspecified atom stereocenters. The van der Waals surface area contributed by atoms with E-state index in [-0.39, 0.29) is 17.9 Å². The molecule has 2 aromatic carbocycles. The molecular weight excluding hydrogens is 412 g/mol. The van der Waals surface area contributed by atoms with Gasteiger partial charge in [-0.25, -0.2) is 9.18 Å². The summed E-state index contributed by atoms with van der Waals surface area (Å²) in [6.45, 7) is 1.77. The molecule has 116 valence electrons. The highest BCUT2D eigenvalue weighted by Gasteiger charge is 2.20. The summed E-state index contributed by atoms with van der Waals surface area (Å²) in [5.41, 5.74) is -0.367. The number of carbonyl (C=O) groups is 1. The van der Waals surface area contributed by atoms with E-state index in [0.29, 0.717) is 3.57 Å². The van der Waals surface area contributed by atoms with Crippen molar-refractivity contribution in [1.29, 1.82) is 0 Å². The predicted molar refractivity (Wildman–Crippen MR) is 81.6 cm³/mol. The number of hydrogen-bond donors (Lipinski definition) is 0. The third-order valence-electron chi connectivity index (χ3n) is 2.66. The lowest BCUT2D eigenvalue weighted by atomic mass is 10.2. The molecule has 0 aliphatic carbocycles. The van der Waals surface area contributed by atoms with Crippen molar-refractivity contribution in [3.63, 3.8) is 0 Å². The van der Waals surface area contributed by atoms with Gasteiger partial charge in [-0.1, -0.05) is 0 Å². The van der Waals surface area contributed by atoms with Gasteiger partial charge in [0.25, 0.3) is 0 Å². The van der Waals surface area contributed by atoms with Gasteiger partial charge in [-0.3, -0.25) is 0 Å². The van der Waals surface area contributed by atoms with Crippen molar-refractivity contribution in [3.8, 4) is 11.5 Å². The monoisotopic (exact) mass is 422 g/mol. The summed E-state index contributed by atoms with van der Waals surface area (Å²) in [7, 11) is 0. The first-order chi connectivity index (χ1) is 10.4. The maximum Gasteiger partial charge on any atom is 0.346 e. The van der Waals surface area contributed by atoms with Crippen LogP contribution in [0.4, 0.5) is 13.2 Å². The number of rotatable bonds is 4. The molecule has 0 spiro atoms. The Morgan fingerprint density at radius 1 is 1.09 bits per heavy atom. The lowest BCUT2D eigenvalue weighted by molar-refractivity contribution is 0.0721. The van der Waals surface area contributed by atoms with Crippen molar-refractivity contribution in [2.45, 2.75) is 6.92 Å². The molecule has 0 radical (unpaired) electrons. The number of hydrogen-bond acceptors (Lipinski definition) is 3. The maximum atomic E-state index is 13.8. The molecule has 0 N–H and O–H groups in total. The average Bonchev–Trinajstić information content (AvgIpc) is 2.47. The highest BCUT2D eigenvalue weighted by molar-refractivity contribution is 14.1. The van der Waals surface area contributed by atoms with E-state index < -0.39 is 29.2 Å². The fourth-order valence-corrected chi connectivity index (χ4v) is 2.12. The lowest BCUT2D eigenvalue weighted by Gasteiger charge is -2.09. The van der Waals surface area contributed by atoms with Crippen LogP contribution in [0.5, 0.6) is 11.5 Å². The number of esters is 1. The quantitative estimate of drug-likeness (QED) is 0.418. The zero-order chi connectivity index (χ0) is 16.3. The van der Waals surface area contributed by atoms with E-state index in [1.807, 2.05) is 22.6 Å². The molecule has 0 atom stereocenters.